The molecular formula is C15H14Cl2N4O. The zero-order chi connectivity index (χ0) is 15.7. The van der Waals surface area contributed by atoms with E-state index in [4.69, 9.17) is 27.7 Å². The summed E-state index contributed by atoms with van der Waals surface area (Å²) in [6.45, 7) is 4.68. The minimum atomic E-state index is 0.463. The van der Waals surface area contributed by atoms with Crippen molar-refractivity contribution in [2.45, 2.75) is 26.8 Å². The first kappa shape index (κ1) is 15.1. The van der Waals surface area contributed by atoms with Crippen LogP contribution < -0.4 is 0 Å². The first-order chi connectivity index (χ1) is 10.5. The molecule has 0 fully saturated rings. The summed E-state index contributed by atoms with van der Waals surface area (Å²) in [6, 6.07) is 7.21. The Bertz CT molecular complexity index is 810. The van der Waals surface area contributed by atoms with E-state index in [9.17, 15) is 0 Å². The summed E-state index contributed by atoms with van der Waals surface area (Å²) in [6.07, 6.45) is 0.611. The molecule has 5 nitrogen and oxygen atoms in total. The molecule has 2 heterocycles. The van der Waals surface area contributed by atoms with Gasteiger partial charge >= 0.3 is 0 Å². The van der Waals surface area contributed by atoms with Crippen LogP contribution in [-0.4, -0.2) is 19.9 Å². The Balaban J connectivity index is 1.75. The monoisotopic (exact) mass is 336 g/mol. The summed E-state index contributed by atoms with van der Waals surface area (Å²) in [5, 5.41) is 9.45. The van der Waals surface area contributed by atoms with Gasteiger partial charge in [-0.1, -0.05) is 28.4 Å². The fourth-order valence-electron chi connectivity index (χ4n) is 2.24. The second-order valence-electron chi connectivity index (χ2n) is 5.04. The third kappa shape index (κ3) is 3.15. The van der Waals surface area contributed by atoms with E-state index in [0.717, 1.165) is 11.4 Å². The van der Waals surface area contributed by atoms with Gasteiger partial charge in [-0.25, -0.2) is 0 Å². The van der Waals surface area contributed by atoms with Crippen molar-refractivity contribution >= 4 is 23.2 Å². The molecule has 0 N–H and O–H groups in total. The highest BCUT2D eigenvalue weighted by Crippen LogP contribution is 2.28. The lowest BCUT2D eigenvalue weighted by molar-refractivity contribution is 0.368. The van der Waals surface area contributed by atoms with Gasteiger partial charge in [0.2, 0.25) is 11.7 Å². The van der Waals surface area contributed by atoms with Gasteiger partial charge in [-0.3, -0.25) is 4.68 Å². The average molecular weight is 337 g/mol. The molecule has 7 heteroatoms. The van der Waals surface area contributed by atoms with Crippen molar-refractivity contribution in [2.75, 3.05) is 0 Å². The summed E-state index contributed by atoms with van der Waals surface area (Å²) >= 11 is 12.0. The normalized spacial score (nSPS) is 11.1. The van der Waals surface area contributed by atoms with E-state index in [1.165, 1.54) is 0 Å². The Morgan fingerprint density at radius 3 is 2.68 bits per heavy atom. The SMILES string of the molecule is Cc1cc(C)n(CCc2nc(-c3ccc(Cl)cc3Cl)no2)n1. The van der Waals surface area contributed by atoms with Gasteiger partial charge in [-0.2, -0.15) is 10.1 Å². The molecule has 0 saturated carbocycles. The lowest BCUT2D eigenvalue weighted by Gasteiger charge is -2.00. The molecule has 0 aliphatic rings. The molecular weight excluding hydrogens is 323 g/mol. The molecule has 1 aromatic carbocycles. The minimum Gasteiger partial charge on any atom is -0.339 e. The van der Waals surface area contributed by atoms with Gasteiger partial charge in [0.1, 0.15) is 0 Å². The van der Waals surface area contributed by atoms with E-state index >= 15 is 0 Å². The molecule has 0 aliphatic heterocycles. The van der Waals surface area contributed by atoms with Crippen LogP contribution in [0, 0.1) is 13.8 Å². The molecule has 0 atom stereocenters. The van der Waals surface area contributed by atoms with E-state index in [1.54, 1.807) is 18.2 Å². The molecule has 0 saturated heterocycles. The standard InChI is InChI=1S/C15H14Cl2N4O/c1-9-7-10(2)21(19-9)6-5-14-18-15(20-22-14)12-4-3-11(16)8-13(12)17/h3-4,7-8H,5-6H2,1-2H3. The first-order valence-corrected chi connectivity index (χ1v) is 7.57. The molecule has 3 rings (SSSR count). The van der Waals surface area contributed by atoms with Crippen LogP contribution in [0.15, 0.2) is 28.8 Å². The summed E-state index contributed by atoms with van der Waals surface area (Å²) in [5.41, 5.74) is 2.81. The van der Waals surface area contributed by atoms with E-state index in [1.807, 2.05) is 24.6 Å². The Kier molecular flexibility index (Phi) is 4.18. The second-order valence-corrected chi connectivity index (χ2v) is 5.88. The Morgan fingerprint density at radius 1 is 1.18 bits per heavy atom. The number of aromatic nitrogens is 4. The van der Waals surface area contributed by atoms with Gasteiger partial charge in [0, 0.05) is 29.2 Å². The van der Waals surface area contributed by atoms with Crippen molar-refractivity contribution in [3.8, 4) is 11.4 Å². The molecule has 2 aromatic heterocycles. The van der Waals surface area contributed by atoms with Gasteiger partial charge in [0.15, 0.2) is 0 Å². The average Bonchev–Trinajstić information content (AvgIpc) is 3.03. The van der Waals surface area contributed by atoms with Crippen LogP contribution in [0.25, 0.3) is 11.4 Å². The molecule has 0 radical (unpaired) electrons. The number of aryl methyl sites for hydroxylation is 4. The Hall–Kier alpha value is -1.85. The van der Waals surface area contributed by atoms with Gasteiger partial charge < -0.3 is 4.52 Å². The van der Waals surface area contributed by atoms with Crippen molar-refractivity contribution in [2.24, 2.45) is 0 Å². The van der Waals surface area contributed by atoms with Gasteiger partial charge in [0.05, 0.1) is 10.7 Å². The predicted octanol–water partition coefficient (Wildman–Crippen LogP) is 4.10. The van der Waals surface area contributed by atoms with Crippen molar-refractivity contribution in [1.29, 1.82) is 0 Å². The van der Waals surface area contributed by atoms with Crippen LogP contribution >= 0.6 is 23.2 Å². The fourth-order valence-corrected chi connectivity index (χ4v) is 2.73. The lowest BCUT2D eigenvalue weighted by Crippen LogP contribution is -2.05. The molecule has 0 spiro atoms. The van der Waals surface area contributed by atoms with Crippen LogP contribution in [0.2, 0.25) is 10.0 Å². The number of hydrogen-bond acceptors (Lipinski definition) is 4. The number of benzene rings is 1. The van der Waals surface area contributed by atoms with E-state index in [-0.39, 0.29) is 0 Å². The molecule has 0 amide bonds. The van der Waals surface area contributed by atoms with Crippen LogP contribution in [-0.2, 0) is 13.0 Å². The quantitative estimate of drug-likeness (QED) is 0.719. The van der Waals surface area contributed by atoms with Gasteiger partial charge in [-0.05, 0) is 38.1 Å². The van der Waals surface area contributed by atoms with Gasteiger partial charge in [-0.15, -0.1) is 0 Å². The molecule has 114 valence electrons. The maximum Gasteiger partial charge on any atom is 0.228 e. The van der Waals surface area contributed by atoms with Gasteiger partial charge in [0.25, 0.3) is 0 Å². The summed E-state index contributed by atoms with van der Waals surface area (Å²) in [5.74, 6) is 1.01. The molecule has 0 aliphatic carbocycles. The maximum atomic E-state index is 6.15. The van der Waals surface area contributed by atoms with Crippen LogP contribution in [0.1, 0.15) is 17.3 Å². The van der Waals surface area contributed by atoms with E-state index in [0.29, 0.717) is 40.3 Å². The first-order valence-electron chi connectivity index (χ1n) is 6.82. The topological polar surface area (TPSA) is 56.7 Å². The summed E-state index contributed by atoms with van der Waals surface area (Å²) < 4.78 is 7.20. The molecule has 0 unspecified atom stereocenters. The maximum absolute atomic E-state index is 6.15. The molecule has 22 heavy (non-hydrogen) atoms. The predicted molar refractivity (Wildman–Crippen MR) is 85.2 cm³/mol. The highest BCUT2D eigenvalue weighted by molar-refractivity contribution is 6.36. The third-order valence-corrected chi connectivity index (χ3v) is 3.83. The number of nitrogens with zero attached hydrogens (tertiary/aromatic N) is 4. The summed E-state index contributed by atoms with van der Waals surface area (Å²) in [4.78, 5) is 4.38. The molecule has 0 bridgehead atoms. The Labute approximate surface area is 137 Å². The molecule has 3 aromatic rings. The van der Waals surface area contributed by atoms with Crippen molar-refractivity contribution in [3.05, 3.63) is 51.6 Å². The lowest BCUT2D eigenvalue weighted by atomic mass is 10.2. The van der Waals surface area contributed by atoms with Crippen LogP contribution in [0.3, 0.4) is 0 Å². The zero-order valence-electron chi connectivity index (χ0n) is 12.2. The largest absolute Gasteiger partial charge is 0.339 e. The number of rotatable bonds is 4. The smallest absolute Gasteiger partial charge is 0.228 e. The number of hydrogen-bond donors (Lipinski definition) is 0. The van der Waals surface area contributed by atoms with Crippen LogP contribution in [0.5, 0.6) is 0 Å². The van der Waals surface area contributed by atoms with Crippen molar-refractivity contribution in [1.82, 2.24) is 19.9 Å². The minimum absolute atomic E-state index is 0.463. The van der Waals surface area contributed by atoms with Crippen molar-refractivity contribution in [3.63, 3.8) is 0 Å². The second kappa shape index (κ2) is 6.10. The Morgan fingerprint density at radius 2 is 2.00 bits per heavy atom. The van der Waals surface area contributed by atoms with Crippen LogP contribution in [0.4, 0.5) is 0 Å². The summed E-state index contributed by atoms with van der Waals surface area (Å²) in [7, 11) is 0. The highest BCUT2D eigenvalue weighted by Gasteiger charge is 2.12. The number of halogens is 2. The fraction of sp³-hybridized carbons (Fsp3) is 0.267. The zero-order valence-corrected chi connectivity index (χ0v) is 13.7. The van der Waals surface area contributed by atoms with E-state index in [2.05, 4.69) is 15.2 Å². The van der Waals surface area contributed by atoms with Crippen molar-refractivity contribution < 1.29 is 4.52 Å². The van der Waals surface area contributed by atoms with E-state index < -0.39 is 0 Å². The third-order valence-electron chi connectivity index (χ3n) is 3.28. The highest BCUT2D eigenvalue weighted by atomic mass is 35.5.